The van der Waals surface area contributed by atoms with Crippen LogP contribution in [0.2, 0.25) is 0 Å². The molecule has 0 rings (SSSR count). The zero-order valence-electron chi connectivity index (χ0n) is 34.4. The molecule has 0 aliphatic carbocycles. The summed E-state index contributed by atoms with van der Waals surface area (Å²) in [6, 6.07) is 0. The van der Waals surface area contributed by atoms with Crippen LogP contribution >= 0.6 is 7.82 Å². The molecule has 0 fully saturated rings. The Hall–Kier alpha value is -1.73. The van der Waals surface area contributed by atoms with E-state index >= 15 is 0 Å². The predicted molar refractivity (Wildman–Crippen MR) is 221 cm³/mol. The lowest BCUT2D eigenvalue weighted by atomic mass is 10.1. The first-order valence-corrected chi connectivity index (χ1v) is 23.2. The summed E-state index contributed by atoms with van der Waals surface area (Å²) in [6.07, 6.45) is 46.3. The van der Waals surface area contributed by atoms with Gasteiger partial charge in [-0.1, -0.05) is 166 Å². The topological polar surface area (TPSA) is 108 Å². The van der Waals surface area contributed by atoms with Crippen molar-refractivity contribution in [1.82, 2.24) is 0 Å². The molecule has 53 heavy (non-hydrogen) atoms. The molecule has 0 bridgehead atoms. The highest BCUT2D eigenvalue weighted by atomic mass is 31.2. The Balaban J connectivity index is 3.95. The summed E-state index contributed by atoms with van der Waals surface area (Å²) < 4.78 is 31.9. The Bertz CT molecular complexity index is 963. The minimum absolute atomic E-state index is 0.228. The summed E-state index contributed by atoms with van der Waals surface area (Å²) in [4.78, 5) is 34.4. The van der Waals surface area contributed by atoms with E-state index in [0.717, 1.165) is 71.3 Å². The largest absolute Gasteiger partial charge is 0.472 e. The van der Waals surface area contributed by atoms with Crippen LogP contribution < -0.4 is 0 Å². The van der Waals surface area contributed by atoms with Crippen LogP contribution in [0.5, 0.6) is 0 Å². The fraction of sp³-hybridized carbons (Fsp3) is 0.818. The van der Waals surface area contributed by atoms with Crippen LogP contribution in [0.3, 0.4) is 0 Å². The van der Waals surface area contributed by atoms with Gasteiger partial charge in [0.15, 0.2) is 6.10 Å². The van der Waals surface area contributed by atoms with Gasteiger partial charge in [-0.3, -0.25) is 18.6 Å². The maximum atomic E-state index is 12.5. The molecular formula is C44H81O8P. The highest BCUT2D eigenvalue weighted by Gasteiger charge is 2.24. The van der Waals surface area contributed by atoms with E-state index in [-0.39, 0.29) is 25.4 Å². The van der Waals surface area contributed by atoms with E-state index in [2.05, 4.69) is 54.8 Å². The lowest BCUT2D eigenvalue weighted by Crippen LogP contribution is -2.29. The number of phosphoric ester groups is 1. The van der Waals surface area contributed by atoms with Crippen molar-refractivity contribution >= 4 is 19.8 Å². The number of ether oxygens (including phenoxy) is 2. The molecular weight excluding hydrogens is 687 g/mol. The SMILES string of the molecule is CCC/C=C\C/C=C\CCCCCCCC(=O)OC(COC(=O)CCCCCCCCCCC/C=C\CCCCCCCCCC)COP(=O)(O)OC. The normalized spacial score (nSPS) is 13.7. The Morgan fingerprint density at radius 3 is 1.42 bits per heavy atom. The zero-order valence-corrected chi connectivity index (χ0v) is 35.3. The van der Waals surface area contributed by atoms with Crippen molar-refractivity contribution in [2.75, 3.05) is 20.3 Å². The second kappa shape index (κ2) is 39.9. The van der Waals surface area contributed by atoms with E-state index in [9.17, 15) is 19.0 Å². The molecule has 8 nitrogen and oxygen atoms in total. The van der Waals surface area contributed by atoms with Gasteiger partial charge in [-0.25, -0.2) is 4.57 Å². The van der Waals surface area contributed by atoms with Gasteiger partial charge in [0.05, 0.1) is 6.61 Å². The van der Waals surface area contributed by atoms with Crippen LogP contribution in [-0.2, 0) is 32.7 Å². The third kappa shape index (κ3) is 39.8. The molecule has 0 saturated carbocycles. The number of carbonyl (C=O) groups excluding carboxylic acids is 2. The number of hydrogen-bond acceptors (Lipinski definition) is 7. The minimum atomic E-state index is -4.26. The van der Waals surface area contributed by atoms with Gasteiger partial charge in [0, 0.05) is 20.0 Å². The van der Waals surface area contributed by atoms with E-state index < -0.39 is 26.5 Å². The monoisotopic (exact) mass is 769 g/mol. The number of allylic oxidation sites excluding steroid dienone is 6. The van der Waals surface area contributed by atoms with Crippen molar-refractivity contribution < 1.29 is 37.6 Å². The molecule has 2 unspecified atom stereocenters. The van der Waals surface area contributed by atoms with Gasteiger partial charge in [0.2, 0.25) is 0 Å². The molecule has 310 valence electrons. The number of esters is 2. The standard InChI is InChI=1S/C44H81O8P/c1-4-6-8-10-12-14-16-18-19-20-21-22-23-24-25-27-28-30-32-34-36-38-43(45)50-40-42(41-51-53(47,48)49-3)52-44(46)39-37-35-33-31-29-26-17-15-13-11-9-7-5-2/h9,11,15,17,20-21,42H,4-8,10,12-14,16,18-19,22-41H2,1-3H3,(H,47,48)/b11-9-,17-15-,21-20-. The second-order valence-electron chi connectivity index (χ2n) is 14.5. The van der Waals surface area contributed by atoms with Crippen LogP contribution in [0.15, 0.2) is 36.5 Å². The van der Waals surface area contributed by atoms with E-state index in [1.54, 1.807) is 0 Å². The van der Waals surface area contributed by atoms with E-state index in [1.165, 1.54) is 109 Å². The quantitative estimate of drug-likeness (QED) is 0.0284. The molecule has 2 atom stereocenters. The Labute approximate surface area is 325 Å². The Morgan fingerprint density at radius 2 is 0.943 bits per heavy atom. The van der Waals surface area contributed by atoms with Crippen molar-refractivity contribution in [3.05, 3.63) is 36.5 Å². The first-order valence-electron chi connectivity index (χ1n) is 21.7. The fourth-order valence-corrected chi connectivity index (χ4v) is 6.45. The van der Waals surface area contributed by atoms with Gasteiger partial charge in [-0.15, -0.1) is 0 Å². The third-order valence-electron chi connectivity index (χ3n) is 9.34. The average molecular weight is 769 g/mol. The number of carbonyl (C=O) groups is 2. The van der Waals surface area contributed by atoms with E-state index in [0.29, 0.717) is 6.42 Å². The predicted octanol–water partition coefficient (Wildman–Crippen LogP) is 13.6. The van der Waals surface area contributed by atoms with E-state index in [4.69, 9.17) is 14.0 Å². The minimum Gasteiger partial charge on any atom is -0.462 e. The molecule has 1 N–H and O–H groups in total. The summed E-state index contributed by atoms with van der Waals surface area (Å²) in [5, 5.41) is 0. The molecule has 0 saturated heterocycles. The summed E-state index contributed by atoms with van der Waals surface area (Å²) in [5.74, 6) is -0.820. The Morgan fingerprint density at radius 1 is 0.528 bits per heavy atom. The molecule has 0 amide bonds. The van der Waals surface area contributed by atoms with Crippen LogP contribution in [0.1, 0.15) is 206 Å². The second-order valence-corrected chi connectivity index (χ2v) is 16.0. The summed E-state index contributed by atoms with van der Waals surface area (Å²) in [7, 11) is -3.20. The molecule has 0 aromatic heterocycles. The maximum Gasteiger partial charge on any atom is 0.472 e. The lowest BCUT2D eigenvalue weighted by Gasteiger charge is -2.19. The van der Waals surface area contributed by atoms with Gasteiger partial charge in [0.25, 0.3) is 0 Å². The van der Waals surface area contributed by atoms with Crippen molar-refractivity contribution in [1.29, 1.82) is 0 Å². The van der Waals surface area contributed by atoms with Crippen molar-refractivity contribution in [3.63, 3.8) is 0 Å². The molecule has 0 aliphatic heterocycles. The fourth-order valence-electron chi connectivity index (χ4n) is 5.99. The molecule has 0 aromatic rings. The third-order valence-corrected chi connectivity index (χ3v) is 10.3. The van der Waals surface area contributed by atoms with Gasteiger partial charge in [-0.05, 0) is 64.2 Å². The highest BCUT2D eigenvalue weighted by molar-refractivity contribution is 7.47. The Kier molecular flexibility index (Phi) is 38.6. The number of phosphoric acid groups is 1. The van der Waals surface area contributed by atoms with Gasteiger partial charge in [-0.2, -0.15) is 0 Å². The number of unbranched alkanes of at least 4 members (excludes halogenated alkanes) is 23. The number of hydrogen-bond donors (Lipinski definition) is 1. The summed E-state index contributed by atoms with van der Waals surface area (Å²) in [6.45, 7) is 3.82. The van der Waals surface area contributed by atoms with Crippen molar-refractivity contribution in [3.8, 4) is 0 Å². The van der Waals surface area contributed by atoms with Crippen LogP contribution in [0.4, 0.5) is 0 Å². The van der Waals surface area contributed by atoms with Crippen LogP contribution in [-0.4, -0.2) is 43.3 Å². The first kappa shape index (κ1) is 51.3. The van der Waals surface area contributed by atoms with E-state index in [1.807, 2.05) is 0 Å². The molecule has 0 radical (unpaired) electrons. The summed E-state index contributed by atoms with van der Waals surface area (Å²) >= 11 is 0. The average Bonchev–Trinajstić information content (AvgIpc) is 3.15. The lowest BCUT2D eigenvalue weighted by molar-refractivity contribution is -0.161. The van der Waals surface area contributed by atoms with Gasteiger partial charge < -0.3 is 14.4 Å². The van der Waals surface area contributed by atoms with Crippen molar-refractivity contribution in [2.45, 2.75) is 213 Å². The number of rotatable bonds is 40. The molecule has 0 spiro atoms. The molecule has 9 heteroatoms. The maximum absolute atomic E-state index is 12.5. The first-order chi connectivity index (χ1) is 25.8. The van der Waals surface area contributed by atoms with Crippen molar-refractivity contribution in [2.24, 2.45) is 0 Å². The smallest absolute Gasteiger partial charge is 0.462 e. The molecule has 0 aliphatic rings. The van der Waals surface area contributed by atoms with Gasteiger partial charge in [0.1, 0.15) is 6.61 Å². The summed E-state index contributed by atoms with van der Waals surface area (Å²) in [5.41, 5.74) is 0. The van der Waals surface area contributed by atoms with Crippen LogP contribution in [0, 0.1) is 0 Å². The molecule has 0 heterocycles. The zero-order chi connectivity index (χ0) is 38.9. The van der Waals surface area contributed by atoms with Crippen LogP contribution in [0.25, 0.3) is 0 Å². The van der Waals surface area contributed by atoms with Gasteiger partial charge >= 0.3 is 19.8 Å². The highest BCUT2D eigenvalue weighted by Crippen LogP contribution is 2.42. The molecule has 0 aromatic carbocycles.